The molecule has 6 unspecified atom stereocenters. The zero-order valence-electron chi connectivity index (χ0n) is 22.3. The number of carbonyl (C=O) groups is 2. The lowest BCUT2D eigenvalue weighted by atomic mass is 9.68. The van der Waals surface area contributed by atoms with Gasteiger partial charge in [-0.25, -0.2) is 4.39 Å². The topological polar surface area (TPSA) is 79.5 Å². The fraction of sp³-hybridized carbons (Fsp3) is 0.281. The van der Waals surface area contributed by atoms with Crippen LogP contribution < -0.4 is 14.5 Å². The first kappa shape index (κ1) is 27.6. The summed E-state index contributed by atoms with van der Waals surface area (Å²) in [5.41, 5.74) is 2.29. The molecule has 8 rings (SSSR count). The summed E-state index contributed by atoms with van der Waals surface area (Å²) in [6.45, 7) is 0.317. The monoisotopic (exact) mass is 696 g/mol. The summed E-state index contributed by atoms with van der Waals surface area (Å²) in [5.74, 6) is -1.27. The molecule has 4 aliphatic rings. The van der Waals surface area contributed by atoms with Gasteiger partial charge in [-0.1, -0.05) is 51.0 Å². The molecule has 2 aliphatic carbocycles. The Kier molecular flexibility index (Phi) is 6.63. The number of thiazole rings is 1. The lowest BCUT2D eigenvalue weighted by Gasteiger charge is -2.43. The minimum absolute atomic E-state index is 0.0166. The number of anilines is 1. The van der Waals surface area contributed by atoms with Crippen molar-refractivity contribution in [1.82, 2.24) is 4.98 Å². The van der Waals surface area contributed by atoms with Crippen LogP contribution in [0.2, 0.25) is 5.02 Å². The van der Waals surface area contributed by atoms with Gasteiger partial charge in [0.15, 0.2) is 0 Å². The van der Waals surface area contributed by atoms with Crippen molar-refractivity contribution in [2.45, 2.75) is 29.2 Å². The molecule has 3 aromatic carbocycles. The van der Waals surface area contributed by atoms with Crippen molar-refractivity contribution in [3.63, 3.8) is 0 Å². The number of benzene rings is 3. The molecule has 6 nitrogen and oxygen atoms in total. The van der Waals surface area contributed by atoms with Crippen molar-refractivity contribution >= 4 is 68.1 Å². The molecule has 2 amide bonds. The number of nitrogens with one attached hydrogen (secondary N) is 1. The normalized spacial score (nSPS) is 28.6. The number of H-pyrrole nitrogens is 1. The number of nitrogens with zero attached hydrogens (tertiary/aromatic N) is 1. The van der Waals surface area contributed by atoms with E-state index in [2.05, 4.69) is 27.0 Å². The highest BCUT2D eigenvalue weighted by Gasteiger charge is 2.69. The summed E-state index contributed by atoms with van der Waals surface area (Å²) in [7, 11) is 0. The minimum atomic E-state index is -0.452. The highest BCUT2D eigenvalue weighted by atomic mass is 79.9. The number of fused-ring (bicyclic) bond motifs is 9. The molecule has 7 atom stereocenters. The number of amides is 2. The van der Waals surface area contributed by atoms with Crippen molar-refractivity contribution in [2.24, 2.45) is 29.6 Å². The standard InChI is InChI=1S/C32H23BrClFN2O4S2/c33-15-4-9-22(41-13-14-2-1-3-16(34)10-14)19(11-15)23-24-20-12-21(27(24)42-29-28(23)43-32(40)36-29)26-25(20)30(38)37(31(26)39)18-7-5-17(35)6-8-18/h1-11,20-21,23-27H,12-13H2,(H,36,40)/t20?,21?,23-,24?,25?,26?,27?/m1/s1. The highest BCUT2D eigenvalue weighted by Crippen LogP contribution is 2.69. The SMILES string of the molecule is O=C1C2C3CC(C2C(=O)N1c1ccc(F)cc1)C1C3Sc2[nH]c(=O)sc2[C@@H]1c1cc(Br)ccc1OCc1cccc(Cl)c1. The van der Waals surface area contributed by atoms with Crippen molar-refractivity contribution in [3.8, 4) is 5.75 Å². The van der Waals surface area contributed by atoms with Crippen molar-refractivity contribution in [3.05, 3.63) is 108 Å². The van der Waals surface area contributed by atoms with Gasteiger partial charge in [-0.05, 0) is 84.3 Å². The Hall–Kier alpha value is -2.92. The zero-order chi connectivity index (χ0) is 29.6. The van der Waals surface area contributed by atoms with Gasteiger partial charge in [-0.3, -0.25) is 19.3 Å². The van der Waals surface area contributed by atoms with Crippen LogP contribution in [0.5, 0.6) is 5.75 Å². The molecule has 11 heteroatoms. The van der Waals surface area contributed by atoms with Crippen LogP contribution in [0.3, 0.4) is 0 Å². The van der Waals surface area contributed by atoms with E-state index in [4.69, 9.17) is 16.3 Å². The second-order valence-corrected chi connectivity index (χ2v) is 15.1. The Bertz CT molecular complexity index is 1860. The maximum atomic E-state index is 14.0. The molecule has 43 heavy (non-hydrogen) atoms. The van der Waals surface area contributed by atoms with Gasteiger partial charge in [-0.2, -0.15) is 0 Å². The lowest BCUT2D eigenvalue weighted by molar-refractivity contribution is -0.123. The van der Waals surface area contributed by atoms with Crippen molar-refractivity contribution in [1.29, 1.82) is 0 Å². The molecule has 3 fully saturated rings. The number of ether oxygens (including phenoxy) is 1. The minimum Gasteiger partial charge on any atom is -0.489 e. The third-order valence-electron chi connectivity index (χ3n) is 9.40. The zero-order valence-corrected chi connectivity index (χ0v) is 26.3. The molecule has 3 heterocycles. The molecule has 4 aromatic rings. The summed E-state index contributed by atoms with van der Waals surface area (Å²) in [6.07, 6.45) is 0.773. The van der Waals surface area contributed by atoms with Gasteiger partial charge in [0.2, 0.25) is 11.8 Å². The first-order valence-electron chi connectivity index (χ1n) is 14.0. The second-order valence-electron chi connectivity index (χ2n) is 11.5. The fourth-order valence-electron chi connectivity index (χ4n) is 7.89. The van der Waals surface area contributed by atoms with Crippen LogP contribution in [0, 0.1) is 35.4 Å². The summed E-state index contributed by atoms with van der Waals surface area (Å²) in [5, 5.41) is 1.50. The van der Waals surface area contributed by atoms with Gasteiger partial charge < -0.3 is 9.72 Å². The molecule has 2 saturated carbocycles. The van der Waals surface area contributed by atoms with Gasteiger partial charge in [0, 0.05) is 31.1 Å². The molecule has 2 bridgehead atoms. The van der Waals surface area contributed by atoms with Gasteiger partial charge in [0.1, 0.15) is 18.2 Å². The molecule has 2 aliphatic heterocycles. The number of rotatable bonds is 5. The summed E-state index contributed by atoms with van der Waals surface area (Å²) >= 11 is 12.7. The second kappa shape index (κ2) is 10.3. The molecule has 1 aromatic heterocycles. The van der Waals surface area contributed by atoms with E-state index in [1.165, 1.54) is 40.5 Å². The molecule has 0 radical (unpaired) electrons. The van der Waals surface area contributed by atoms with E-state index in [-0.39, 0.29) is 45.6 Å². The quantitative estimate of drug-likeness (QED) is 0.223. The predicted molar refractivity (Wildman–Crippen MR) is 167 cm³/mol. The Morgan fingerprint density at radius 3 is 2.53 bits per heavy atom. The van der Waals surface area contributed by atoms with Gasteiger partial charge >= 0.3 is 4.87 Å². The van der Waals surface area contributed by atoms with Crippen LogP contribution in [0.4, 0.5) is 10.1 Å². The van der Waals surface area contributed by atoms with E-state index < -0.39 is 17.7 Å². The first-order chi connectivity index (χ1) is 20.8. The third kappa shape index (κ3) is 4.35. The first-order valence-corrected chi connectivity index (χ1v) is 16.8. The highest BCUT2D eigenvalue weighted by molar-refractivity contribution is 9.10. The average Bonchev–Trinajstić information content (AvgIpc) is 3.72. The van der Waals surface area contributed by atoms with Crippen molar-refractivity contribution in [2.75, 3.05) is 4.90 Å². The number of hydrogen-bond donors (Lipinski definition) is 1. The average molecular weight is 698 g/mol. The number of thioether (sulfide) groups is 1. The number of hydrogen-bond acceptors (Lipinski definition) is 6. The van der Waals surface area contributed by atoms with Crippen LogP contribution in [0.1, 0.15) is 28.3 Å². The lowest BCUT2D eigenvalue weighted by Crippen LogP contribution is -2.42. The van der Waals surface area contributed by atoms with E-state index in [0.717, 1.165) is 31.9 Å². The van der Waals surface area contributed by atoms with Crippen LogP contribution in [-0.4, -0.2) is 22.0 Å². The van der Waals surface area contributed by atoms with Gasteiger partial charge in [0.25, 0.3) is 0 Å². The van der Waals surface area contributed by atoms with Gasteiger partial charge in [0.05, 0.1) is 22.5 Å². The maximum Gasteiger partial charge on any atom is 0.305 e. The number of aromatic amines is 1. The summed E-state index contributed by atoms with van der Waals surface area (Å²) in [4.78, 5) is 45.6. The van der Waals surface area contributed by atoms with Crippen LogP contribution in [0.25, 0.3) is 0 Å². The fourth-order valence-corrected chi connectivity index (χ4v) is 11.4. The predicted octanol–water partition coefficient (Wildman–Crippen LogP) is 7.25. The summed E-state index contributed by atoms with van der Waals surface area (Å²) in [6, 6.07) is 19.0. The Morgan fingerprint density at radius 1 is 1.00 bits per heavy atom. The molecular formula is C32H23BrClFN2O4S2. The van der Waals surface area contributed by atoms with Crippen molar-refractivity contribution < 1.29 is 18.7 Å². The molecule has 218 valence electrons. The van der Waals surface area contributed by atoms with E-state index in [1.54, 1.807) is 11.8 Å². The number of imide groups is 1. The van der Waals surface area contributed by atoms with E-state index in [9.17, 15) is 18.8 Å². The van der Waals surface area contributed by atoms with Gasteiger partial charge in [-0.15, -0.1) is 11.8 Å². The van der Waals surface area contributed by atoms with Crippen LogP contribution in [-0.2, 0) is 16.2 Å². The van der Waals surface area contributed by atoms with E-state index in [1.807, 2.05) is 36.4 Å². The van der Waals surface area contributed by atoms with Crippen LogP contribution in [0.15, 0.2) is 81.0 Å². The van der Waals surface area contributed by atoms with E-state index >= 15 is 0 Å². The Balaban J connectivity index is 1.20. The molecule has 1 saturated heterocycles. The number of carbonyl (C=O) groups excluding carboxylic acids is 2. The Morgan fingerprint density at radius 2 is 1.77 bits per heavy atom. The molecular weight excluding hydrogens is 675 g/mol. The van der Waals surface area contributed by atoms with Crippen LogP contribution >= 0.6 is 50.6 Å². The Labute approximate surface area is 267 Å². The largest absolute Gasteiger partial charge is 0.489 e. The number of halogens is 3. The van der Waals surface area contributed by atoms with E-state index in [0.29, 0.717) is 23.1 Å². The maximum absolute atomic E-state index is 14.0. The molecule has 1 N–H and O–H groups in total. The summed E-state index contributed by atoms with van der Waals surface area (Å²) < 4.78 is 21.0. The molecule has 0 spiro atoms. The number of aromatic nitrogens is 1. The smallest absolute Gasteiger partial charge is 0.305 e. The third-order valence-corrected chi connectivity index (χ3v) is 12.7.